The van der Waals surface area contributed by atoms with E-state index in [1.165, 1.54) is 19.1 Å². The number of aryl methyl sites for hydroxylation is 1. The van der Waals surface area contributed by atoms with Crippen molar-refractivity contribution in [2.75, 3.05) is 19.8 Å². The minimum absolute atomic E-state index is 0.0432. The molecule has 0 unspecified atom stereocenters. The molecule has 0 heterocycles. The maximum absolute atomic E-state index is 13.3. The van der Waals surface area contributed by atoms with Crippen molar-refractivity contribution in [1.29, 1.82) is 0 Å². The van der Waals surface area contributed by atoms with Crippen molar-refractivity contribution < 1.29 is 22.7 Å². The van der Waals surface area contributed by atoms with Crippen LogP contribution in [0.5, 0.6) is 0 Å². The molecule has 0 radical (unpaired) electrons. The van der Waals surface area contributed by atoms with Crippen molar-refractivity contribution in [2.24, 2.45) is 0 Å². The Morgan fingerprint density at radius 3 is 2.64 bits per heavy atom. The van der Waals surface area contributed by atoms with Crippen LogP contribution < -0.4 is 4.72 Å². The van der Waals surface area contributed by atoms with E-state index in [9.17, 15) is 12.8 Å². The topological polar surface area (TPSA) is 75.6 Å². The number of benzene rings is 1. The standard InChI is InChI=1S/C15H22FNO4S/c1-12-10-13(4-5-14(12)16)22(19,20)17-11-15(21-9-8-18)6-2-3-7-15/h4-5,10,17-18H,2-3,6-9,11H2,1H3. The highest BCUT2D eigenvalue weighted by Crippen LogP contribution is 2.33. The molecule has 0 spiro atoms. The van der Waals surface area contributed by atoms with E-state index in [2.05, 4.69) is 4.72 Å². The minimum atomic E-state index is -3.71. The number of nitrogens with one attached hydrogen (secondary N) is 1. The monoisotopic (exact) mass is 331 g/mol. The smallest absolute Gasteiger partial charge is 0.240 e. The van der Waals surface area contributed by atoms with E-state index >= 15 is 0 Å². The highest BCUT2D eigenvalue weighted by Gasteiger charge is 2.36. The molecule has 1 aliphatic carbocycles. The van der Waals surface area contributed by atoms with Crippen molar-refractivity contribution in [3.8, 4) is 0 Å². The van der Waals surface area contributed by atoms with Gasteiger partial charge in [0, 0.05) is 6.54 Å². The van der Waals surface area contributed by atoms with Gasteiger partial charge in [0.1, 0.15) is 5.82 Å². The molecule has 1 aromatic carbocycles. The highest BCUT2D eigenvalue weighted by atomic mass is 32.2. The molecule has 124 valence electrons. The van der Waals surface area contributed by atoms with Crippen LogP contribution in [0.25, 0.3) is 0 Å². The number of aliphatic hydroxyl groups is 1. The van der Waals surface area contributed by atoms with Crippen molar-refractivity contribution in [3.05, 3.63) is 29.6 Å². The van der Waals surface area contributed by atoms with Gasteiger partial charge in [0.2, 0.25) is 10.0 Å². The van der Waals surface area contributed by atoms with Gasteiger partial charge in [-0.05, 0) is 43.5 Å². The molecule has 2 rings (SSSR count). The first-order valence-corrected chi connectivity index (χ1v) is 8.88. The molecule has 1 aliphatic rings. The molecule has 22 heavy (non-hydrogen) atoms. The summed E-state index contributed by atoms with van der Waals surface area (Å²) in [6.45, 7) is 1.78. The molecule has 0 aromatic heterocycles. The highest BCUT2D eigenvalue weighted by molar-refractivity contribution is 7.89. The molecule has 7 heteroatoms. The van der Waals surface area contributed by atoms with E-state index in [0.717, 1.165) is 31.7 Å². The first kappa shape index (κ1) is 17.3. The molecule has 0 bridgehead atoms. The quantitative estimate of drug-likeness (QED) is 0.798. The second-order valence-electron chi connectivity index (χ2n) is 5.70. The fraction of sp³-hybridized carbons (Fsp3) is 0.600. The largest absolute Gasteiger partial charge is 0.394 e. The molecular formula is C15H22FNO4S. The number of rotatable bonds is 7. The summed E-state index contributed by atoms with van der Waals surface area (Å²) >= 11 is 0. The zero-order valence-corrected chi connectivity index (χ0v) is 13.5. The van der Waals surface area contributed by atoms with Crippen LogP contribution in [0.3, 0.4) is 0 Å². The predicted octanol–water partition coefficient (Wildman–Crippen LogP) is 1.73. The summed E-state index contributed by atoms with van der Waals surface area (Å²) < 4.78 is 46.2. The molecule has 0 amide bonds. The fourth-order valence-electron chi connectivity index (χ4n) is 2.75. The normalized spacial score (nSPS) is 17.8. The van der Waals surface area contributed by atoms with E-state index in [1.54, 1.807) is 0 Å². The van der Waals surface area contributed by atoms with Crippen LogP contribution >= 0.6 is 0 Å². The summed E-state index contributed by atoms with van der Waals surface area (Å²) in [5.74, 6) is -0.433. The van der Waals surface area contributed by atoms with E-state index < -0.39 is 21.4 Å². The summed E-state index contributed by atoms with van der Waals surface area (Å²) in [5, 5.41) is 8.90. The van der Waals surface area contributed by atoms with Gasteiger partial charge in [0.25, 0.3) is 0 Å². The third kappa shape index (κ3) is 4.04. The summed E-state index contributed by atoms with van der Waals surface area (Å²) in [6, 6.07) is 3.71. The predicted molar refractivity (Wildman–Crippen MR) is 80.6 cm³/mol. The third-order valence-corrected chi connectivity index (χ3v) is 5.44. The number of halogens is 1. The first-order chi connectivity index (χ1) is 10.4. The number of hydrogen-bond donors (Lipinski definition) is 2. The van der Waals surface area contributed by atoms with Gasteiger partial charge >= 0.3 is 0 Å². The van der Waals surface area contributed by atoms with Crippen molar-refractivity contribution in [3.63, 3.8) is 0 Å². The van der Waals surface area contributed by atoms with Crippen LogP contribution in [-0.4, -0.2) is 38.9 Å². The molecule has 0 aliphatic heterocycles. The van der Waals surface area contributed by atoms with Gasteiger partial charge in [-0.25, -0.2) is 17.5 Å². The molecule has 1 fully saturated rings. The van der Waals surface area contributed by atoms with Crippen molar-refractivity contribution >= 4 is 10.0 Å². The Labute approximate surface area is 130 Å². The summed E-state index contributed by atoms with van der Waals surface area (Å²) in [5.41, 5.74) is -0.264. The molecule has 0 saturated heterocycles. The van der Waals surface area contributed by atoms with E-state index in [1.807, 2.05) is 0 Å². The average Bonchev–Trinajstić information content (AvgIpc) is 2.95. The fourth-order valence-corrected chi connectivity index (χ4v) is 3.95. The Morgan fingerprint density at radius 2 is 2.05 bits per heavy atom. The zero-order valence-electron chi connectivity index (χ0n) is 12.6. The Morgan fingerprint density at radius 1 is 1.36 bits per heavy atom. The van der Waals surface area contributed by atoms with Gasteiger partial charge in [0.05, 0.1) is 23.7 Å². The SMILES string of the molecule is Cc1cc(S(=O)(=O)NCC2(OCCO)CCCC2)ccc1F. The molecule has 1 aromatic rings. The van der Waals surface area contributed by atoms with Gasteiger partial charge < -0.3 is 9.84 Å². The Hall–Kier alpha value is -1.02. The van der Waals surface area contributed by atoms with Gasteiger partial charge in [0.15, 0.2) is 0 Å². The lowest BCUT2D eigenvalue weighted by atomic mass is 10.0. The molecular weight excluding hydrogens is 309 g/mol. The second kappa shape index (κ2) is 7.04. The lowest BCUT2D eigenvalue weighted by Gasteiger charge is -2.29. The number of aliphatic hydroxyl groups excluding tert-OH is 1. The zero-order chi connectivity index (χ0) is 16.2. The van der Waals surface area contributed by atoms with E-state index in [4.69, 9.17) is 9.84 Å². The van der Waals surface area contributed by atoms with Crippen molar-refractivity contribution in [2.45, 2.75) is 43.1 Å². The Kier molecular flexibility index (Phi) is 5.55. The second-order valence-corrected chi connectivity index (χ2v) is 7.46. The first-order valence-electron chi connectivity index (χ1n) is 7.39. The van der Waals surface area contributed by atoms with Crippen LogP contribution in [-0.2, 0) is 14.8 Å². The van der Waals surface area contributed by atoms with E-state index in [0.29, 0.717) is 0 Å². The lowest BCUT2D eigenvalue weighted by Crippen LogP contribution is -2.43. The van der Waals surface area contributed by atoms with Crippen LogP contribution in [0.2, 0.25) is 0 Å². The number of sulfonamides is 1. The summed E-state index contributed by atoms with van der Waals surface area (Å²) in [6.07, 6.45) is 3.47. The van der Waals surface area contributed by atoms with Crippen LogP contribution in [0.1, 0.15) is 31.2 Å². The molecule has 1 saturated carbocycles. The molecule has 5 nitrogen and oxygen atoms in total. The maximum atomic E-state index is 13.3. The summed E-state index contributed by atoms with van der Waals surface area (Å²) in [4.78, 5) is 0.0432. The minimum Gasteiger partial charge on any atom is -0.394 e. The lowest BCUT2D eigenvalue weighted by molar-refractivity contribution is -0.0492. The maximum Gasteiger partial charge on any atom is 0.240 e. The average molecular weight is 331 g/mol. The van der Waals surface area contributed by atoms with Gasteiger partial charge in [-0.1, -0.05) is 12.8 Å². The Bertz CT molecular complexity index is 612. The molecule has 0 atom stereocenters. The van der Waals surface area contributed by atoms with Crippen LogP contribution in [0.15, 0.2) is 23.1 Å². The van der Waals surface area contributed by atoms with E-state index in [-0.39, 0.29) is 30.2 Å². The molecule has 2 N–H and O–H groups in total. The number of ether oxygens (including phenoxy) is 1. The summed E-state index contributed by atoms with van der Waals surface area (Å²) in [7, 11) is -3.71. The van der Waals surface area contributed by atoms with Crippen molar-refractivity contribution in [1.82, 2.24) is 4.72 Å². The van der Waals surface area contributed by atoms with Gasteiger partial charge in [-0.3, -0.25) is 0 Å². The van der Waals surface area contributed by atoms with Gasteiger partial charge in [-0.2, -0.15) is 0 Å². The number of hydrogen-bond acceptors (Lipinski definition) is 4. The van der Waals surface area contributed by atoms with Crippen LogP contribution in [0, 0.1) is 12.7 Å². The van der Waals surface area contributed by atoms with Gasteiger partial charge in [-0.15, -0.1) is 0 Å². The Balaban J connectivity index is 2.09. The third-order valence-electron chi connectivity index (χ3n) is 4.04. The van der Waals surface area contributed by atoms with Crippen LogP contribution in [0.4, 0.5) is 4.39 Å².